The lowest BCUT2D eigenvalue weighted by molar-refractivity contribution is 0.305. The van der Waals surface area contributed by atoms with Crippen LogP contribution in [-0.2, 0) is 0 Å². The first-order valence-corrected chi connectivity index (χ1v) is 6.23. The fourth-order valence-corrected chi connectivity index (χ4v) is 2.25. The molecule has 0 unspecified atom stereocenters. The van der Waals surface area contributed by atoms with Crippen molar-refractivity contribution >= 4 is 17.2 Å². The van der Waals surface area contributed by atoms with Crippen molar-refractivity contribution in [2.75, 3.05) is 13.1 Å². The summed E-state index contributed by atoms with van der Waals surface area (Å²) in [4.78, 5) is 2.46. The minimum atomic E-state index is 0.210. The van der Waals surface area contributed by atoms with Crippen LogP contribution in [0.25, 0.3) is 0 Å². The summed E-state index contributed by atoms with van der Waals surface area (Å²) in [5, 5.41) is 9.02. The van der Waals surface area contributed by atoms with Crippen LogP contribution in [0.2, 0.25) is 0 Å². The van der Waals surface area contributed by atoms with Crippen LogP contribution in [0.3, 0.4) is 0 Å². The van der Waals surface area contributed by atoms with Gasteiger partial charge in [-0.15, -0.1) is 0 Å². The number of allylic oxidation sites excluding steroid dienone is 1. The molecule has 0 aromatic rings. The van der Waals surface area contributed by atoms with E-state index in [1.807, 2.05) is 6.92 Å². The van der Waals surface area contributed by atoms with E-state index in [1.54, 1.807) is 0 Å². The molecule has 0 radical (unpaired) electrons. The zero-order valence-corrected chi connectivity index (χ0v) is 10.6. The SMILES string of the molecule is C/C(=C(\C#N)C(N)=S)N1CCCCCCC1. The van der Waals surface area contributed by atoms with Crippen molar-refractivity contribution in [1.82, 2.24) is 4.90 Å². The van der Waals surface area contributed by atoms with Crippen LogP contribution >= 0.6 is 12.2 Å². The van der Waals surface area contributed by atoms with E-state index >= 15 is 0 Å². The van der Waals surface area contributed by atoms with Crippen LogP contribution in [-0.4, -0.2) is 23.0 Å². The van der Waals surface area contributed by atoms with Gasteiger partial charge in [-0.25, -0.2) is 0 Å². The maximum absolute atomic E-state index is 9.02. The number of likely N-dealkylation sites (tertiary alicyclic amines) is 1. The number of hydrogen-bond donors (Lipinski definition) is 1. The van der Waals surface area contributed by atoms with Gasteiger partial charge in [0.05, 0.1) is 0 Å². The van der Waals surface area contributed by atoms with Crippen LogP contribution in [0.5, 0.6) is 0 Å². The average Bonchev–Trinajstić information content (AvgIpc) is 2.16. The van der Waals surface area contributed by atoms with Gasteiger partial charge in [0.2, 0.25) is 0 Å². The van der Waals surface area contributed by atoms with Gasteiger partial charge in [-0.05, 0) is 19.8 Å². The molecule has 0 saturated carbocycles. The molecule has 3 nitrogen and oxygen atoms in total. The predicted molar refractivity (Wildman–Crippen MR) is 69.8 cm³/mol. The highest BCUT2D eigenvalue weighted by atomic mass is 32.1. The lowest BCUT2D eigenvalue weighted by Crippen LogP contribution is -2.28. The molecular weight excluding hydrogens is 218 g/mol. The van der Waals surface area contributed by atoms with Gasteiger partial charge in [-0.2, -0.15) is 5.26 Å². The van der Waals surface area contributed by atoms with Gasteiger partial charge in [0.15, 0.2) is 0 Å². The van der Waals surface area contributed by atoms with Gasteiger partial charge >= 0.3 is 0 Å². The van der Waals surface area contributed by atoms with Crippen LogP contribution in [0, 0.1) is 11.3 Å². The van der Waals surface area contributed by atoms with E-state index < -0.39 is 0 Å². The van der Waals surface area contributed by atoms with Crippen LogP contribution in [0.15, 0.2) is 11.3 Å². The summed E-state index contributed by atoms with van der Waals surface area (Å²) >= 11 is 4.89. The van der Waals surface area contributed by atoms with Gasteiger partial charge in [0.1, 0.15) is 16.6 Å². The Morgan fingerprint density at radius 2 is 1.69 bits per heavy atom. The molecule has 0 aromatic heterocycles. The van der Waals surface area contributed by atoms with Crippen LogP contribution < -0.4 is 5.73 Å². The van der Waals surface area contributed by atoms with Crippen LogP contribution in [0.4, 0.5) is 0 Å². The summed E-state index contributed by atoms with van der Waals surface area (Å²) in [6.07, 6.45) is 6.26. The Morgan fingerprint density at radius 3 is 2.12 bits per heavy atom. The molecule has 0 bridgehead atoms. The van der Waals surface area contributed by atoms with Gasteiger partial charge in [0.25, 0.3) is 0 Å². The Kier molecular flexibility index (Phi) is 5.27. The van der Waals surface area contributed by atoms with Crippen molar-refractivity contribution in [1.29, 1.82) is 5.26 Å². The third kappa shape index (κ3) is 3.49. The summed E-state index contributed by atoms with van der Waals surface area (Å²) < 4.78 is 0. The van der Waals surface area contributed by atoms with Crippen molar-refractivity contribution in [3.05, 3.63) is 11.3 Å². The molecule has 1 saturated heterocycles. The Labute approximate surface area is 103 Å². The summed E-state index contributed by atoms with van der Waals surface area (Å²) in [6, 6.07) is 2.11. The maximum atomic E-state index is 9.02. The van der Waals surface area contributed by atoms with Crippen molar-refractivity contribution < 1.29 is 0 Å². The molecule has 0 aliphatic carbocycles. The minimum absolute atomic E-state index is 0.210. The number of rotatable bonds is 2. The Morgan fingerprint density at radius 1 is 1.19 bits per heavy atom. The first-order valence-electron chi connectivity index (χ1n) is 5.82. The monoisotopic (exact) mass is 237 g/mol. The second kappa shape index (κ2) is 6.49. The first kappa shape index (κ1) is 13.0. The zero-order valence-electron chi connectivity index (χ0n) is 9.83. The molecule has 0 amide bonds. The Hall–Kier alpha value is -1.08. The zero-order chi connectivity index (χ0) is 12.0. The van der Waals surface area contributed by atoms with E-state index in [0.29, 0.717) is 5.57 Å². The summed E-state index contributed by atoms with van der Waals surface area (Å²) in [7, 11) is 0. The third-order valence-corrected chi connectivity index (χ3v) is 3.25. The molecule has 2 N–H and O–H groups in total. The van der Waals surface area contributed by atoms with Crippen molar-refractivity contribution in [3.8, 4) is 6.07 Å². The summed E-state index contributed by atoms with van der Waals surface area (Å²) in [5.41, 5.74) is 6.96. The molecule has 0 spiro atoms. The van der Waals surface area contributed by atoms with Crippen molar-refractivity contribution in [3.63, 3.8) is 0 Å². The predicted octanol–water partition coefficient (Wildman–Crippen LogP) is 2.34. The van der Waals surface area contributed by atoms with Gasteiger partial charge < -0.3 is 10.6 Å². The summed E-state index contributed by atoms with van der Waals surface area (Å²) in [5.74, 6) is 0. The highest BCUT2D eigenvalue weighted by molar-refractivity contribution is 7.80. The molecule has 16 heavy (non-hydrogen) atoms. The van der Waals surface area contributed by atoms with E-state index in [0.717, 1.165) is 18.8 Å². The lowest BCUT2D eigenvalue weighted by atomic mass is 10.1. The van der Waals surface area contributed by atoms with Gasteiger partial charge in [0, 0.05) is 18.8 Å². The highest BCUT2D eigenvalue weighted by Gasteiger charge is 2.13. The van der Waals surface area contributed by atoms with Crippen molar-refractivity contribution in [2.24, 2.45) is 5.73 Å². The van der Waals surface area contributed by atoms with E-state index in [1.165, 1.54) is 32.1 Å². The molecule has 1 aliphatic heterocycles. The highest BCUT2D eigenvalue weighted by Crippen LogP contribution is 2.17. The molecular formula is C12H19N3S. The minimum Gasteiger partial charge on any atom is -0.389 e. The fourth-order valence-electron chi connectivity index (χ4n) is 2.06. The lowest BCUT2D eigenvalue weighted by Gasteiger charge is -2.28. The number of nitrogens with two attached hydrogens (primary N) is 1. The standard InChI is InChI=1S/C12H19N3S/c1-10(11(9-13)12(14)16)15-7-5-3-2-4-6-8-15/h2-8H2,1H3,(H2,14,16)/b11-10-. The number of nitrogens with zero attached hydrogens (tertiary/aromatic N) is 2. The van der Waals surface area contributed by atoms with Crippen LogP contribution in [0.1, 0.15) is 39.0 Å². The number of nitriles is 1. The van der Waals surface area contributed by atoms with E-state index in [9.17, 15) is 0 Å². The van der Waals surface area contributed by atoms with E-state index in [-0.39, 0.29) is 4.99 Å². The second-order valence-corrected chi connectivity index (χ2v) is 4.63. The second-order valence-electron chi connectivity index (χ2n) is 4.19. The molecule has 1 aliphatic rings. The normalized spacial score (nSPS) is 19.1. The molecule has 4 heteroatoms. The largest absolute Gasteiger partial charge is 0.389 e. The molecule has 1 fully saturated rings. The van der Waals surface area contributed by atoms with Gasteiger partial charge in [-0.3, -0.25) is 0 Å². The third-order valence-electron chi connectivity index (χ3n) is 3.05. The Bertz CT molecular complexity index is 320. The summed E-state index contributed by atoms with van der Waals surface area (Å²) in [6.45, 7) is 3.97. The quantitative estimate of drug-likeness (QED) is 0.455. The van der Waals surface area contributed by atoms with E-state index in [4.69, 9.17) is 23.2 Å². The molecule has 1 heterocycles. The number of hydrogen-bond acceptors (Lipinski definition) is 3. The van der Waals surface area contributed by atoms with E-state index in [2.05, 4.69) is 11.0 Å². The molecule has 88 valence electrons. The Balaban J connectivity index is 2.80. The molecule has 0 atom stereocenters. The maximum Gasteiger partial charge on any atom is 0.116 e. The average molecular weight is 237 g/mol. The van der Waals surface area contributed by atoms with Crippen molar-refractivity contribution in [2.45, 2.75) is 39.0 Å². The van der Waals surface area contributed by atoms with Gasteiger partial charge in [-0.1, -0.05) is 31.5 Å². The number of thiocarbonyl (C=S) groups is 1. The fraction of sp³-hybridized carbons (Fsp3) is 0.667. The molecule has 1 rings (SSSR count). The molecule has 0 aromatic carbocycles. The topological polar surface area (TPSA) is 53.1 Å². The first-order chi connectivity index (χ1) is 7.66. The smallest absolute Gasteiger partial charge is 0.116 e.